The van der Waals surface area contributed by atoms with E-state index in [1.807, 2.05) is 0 Å². The third-order valence-corrected chi connectivity index (χ3v) is 1.99. The molecule has 0 saturated carbocycles. The first-order chi connectivity index (χ1) is 8.13. The lowest BCUT2D eigenvalue weighted by Gasteiger charge is -2.08. The SMILES string of the molecule is CCOC(=O)CC(=O)NNc1ncccc1Cl. The molecule has 0 aliphatic rings. The summed E-state index contributed by atoms with van der Waals surface area (Å²) in [7, 11) is 0. The first kappa shape index (κ1) is 13.2. The van der Waals surface area contributed by atoms with Crippen molar-refractivity contribution in [1.29, 1.82) is 0 Å². The van der Waals surface area contributed by atoms with E-state index in [0.717, 1.165) is 0 Å². The van der Waals surface area contributed by atoms with E-state index in [4.69, 9.17) is 11.6 Å². The predicted octanol–water partition coefficient (Wildman–Crippen LogP) is 1.13. The molecule has 0 aliphatic carbocycles. The Labute approximate surface area is 103 Å². The van der Waals surface area contributed by atoms with Gasteiger partial charge in [-0.05, 0) is 19.1 Å². The number of hydrazine groups is 1. The summed E-state index contributed by atoms with van der Waals surface area (Å²) in [5, 5.41) is 0.365. The molecule has 7 heteroatoms. The summed E-state index contributed by atoms with van der Waals surface area (Å²) in [6, 6.07) is 3.28. The van der Waals surface area contributed by atoms with Gasteiger partial charge in [0.1, 0.15) is 6.42 Å². The fourth-order valence-electron chi connectivity index (χ4n) is 0.994. The van der Waals surface area contributed by atoms with Gasteiger partial charge in [-0.2, -0.15) is 0 Å². The van der Waals surface area contributed by atoms with Crippen molar-refractivity contribution >= 4 is 29.3 Å². The Balaban J connectivity index is 2.38. The number of hydrogen-bond donors (Lipinski definition) is 2. The fraction of sp³-hybridized carbons (Fsp3) is 0.300. The third kappa shape index (κ3) is 4.69. The van der Waals surface area contributed by atoms with Gasteiger partial charge in [-0.25, -0.2) is 4.98 Å². The molecular formula is C10H12ClN3O3. The largest absolute Gasteiger partial charge is 0.466 e. The number of ether oxygens (including phenoxy) is 1. The molecule has 0 unspecified atom stereocenters. The van der Waals surface area contributed by atoms with Gasteiger partial charge in [-0.15, -0.1) is 0 Å². The summed E-state index contributed by atoms with van der Waals surface area (Å²) in [6.45, 7) is 1.91. The van der Waals surface area contributed by atoms with Crippen molar-refractivity contribution in [3.8, 4) is 0 Å². The number of pyridine rings is 1. The second-order valence-corrected chi connectivity index (χ2v) is 3.40. The molecule has 17 heavy (non-hydrogen) atoms. The smallest absolute Gasteiger partial charge is 0.315 e. The molecule has 6 nitrogen and oxygen atoms in total. The molecule has 0 bridgehead atoms. The number of aromatic nitrogens is 1. The van der Waals surface area contributed by atoms with Crippen molar-refractivity contribution in [2.75, 3.05) is 12.0 Å². The predicted molar refractivity (Wildman–Crippen MR) is 62.3 cm³/mol. The number of carbonyl (C=O) groups is 2. The summed E-state index contributed by atoms with van der Waals surface area (Å²) >= 11 is 5.80. The van der Waals surface area contributed by atoms with Crippen LogP contribution in [0, 0.1) is 0 Å². The second-order valence-electron chi connectivity index (χ2n) is 2.99. The molecule has 0 atom stereocenters. The molecule has 1 aromatic heterocycles. The van der Waals surface area contributed by atoms with E-state index in [0.29, 0.717) is 10.8 Å². The average Bonchev–Trinajstić information content (AvgIpc) is 2.28. The van der Waals surface area contributed by atoms with Crippen LogP contribution in [0.2, 0.25) is 5.02 Å². The summed E-state index contributed by atoms with van der Waals surface area (Å²) in [6.07, 6.45) is 1.16. The van der Waals surface area contributed by atoms with Crippen LogP contribution in [-0.2, 0) is 14.3 Å². The van der Waals surface area contributed by atoms with Gasteiger partial charge in [-0.1, -0.05) is 11.6 Å². The van der Waals surface area contributed by atoms with Crippen LogP contribution in [-0.4, -0.2) is 23.5 Å². The number of carbonyl (C=O) groups excluding carboxylic acids is 2. The van der Waals surface area contributed by atoms with Gasteiger partial charge in [0.15, 0.2) is 5.82 Å². The minimum absolute atomic E-state index is 0.242. The molecule has 0 aromatic carbocycles. The highest BCUT2D eigenvalue weighted by molar-refractivity contribution is 6.32. The molecule has 0 spiro atoms. The Morgan fingerprint density at radius 1 is 1.53 bits per heavy atom. The van der Waals surface area contributed by atoms with Crippen molar-refractivity contribution in [1.82, 2.24) is 10.4 Å². The fourth-order valence-corrected chi connectivity index (χ4v) is 1.16. The lowest BCUT2D eigenvalue weighted by molar-refractivity contribution is -0.145. The average molecular weight is 258 g/mol. The van der Waals surface area contributed by atoms with Crippen LogP contribution in [0.15, 0.2) is 18.3 Å². The minimum atomic E-state index is -0.584. The van der Waals surface area contributed by atoms with Gasteiger partial charge < -0.3 is 4.74 Å². The van der Waals surface area contributed by atoms with Crippen molar-refractivity contribution < 1.29 is 14.3 Å². The Bertz CT molecular complexity index is 412. The second kappa shape index (κ2) is 6.70. The molecule has 0 aliphatic heterocycles. The maximum Gasteiger partial charge on any atom is 0.315 e. The molecule has 1 aromatic rings. The first-order valence-corrected chi connectivity index (χ1v) is 5.32. The Kier molecular flexibility index (Phi) is 5.22. The number of nitrogens with one attached hydrogen (secondary N) is 2. The quantitative estimate of drug-likeness (QED) is 0.470. The van der Waals surface area contributed by atoms with Gasteiger partial charge in [-0.3, -0.25) is 20.4 Å². The van der Waals surface area contributed by atoms with E-state index in [1.54, 1.807) is 19.1 Å². The van der Waals surface area contributed by atoms with Crippen LogP contribution in [0.4, 0.5) is 5.82 Å². The van der Waals surface area contributed by atoms with Gasteiger partial charge >= 0.3 is 5.97 Å². The Morgan fingerprint density at radius 2 is 2.29 bits per heavy atom. The maximum atomic E-state index is 11.3. The van der Waals surface area contributed by atoms with Gasteiger partial charge in [0.2, 0.25) is 5.91 Å². The standard InChI is InChI=1S/C10H12ClN3O3/c1-2-17-9(16)6-8(15)13-14-10-7(11)4-3-5-12-10/h3-5H,2,6H2,1H3,(H,12,14)(H,13,15). The van der Waals surface area contributed by atoms with E-state index in [-0.39, 0.29) is 13.0 Å². The van der Waals surface area contributed by atoms with Crippen molar-refractivity contribution in [3.05, 3.63) is 23.4 Å². The molecule has 92 valence electrons. The summed E-state index contributed by atoms with van der Waals surface area (Å²) in [5.74, 6) is -0.796. The lowest BCUT2D eigenvalue weighted by Crippen LogP contribution is -2.31. The lowest BCUT2D eigenvalue weighted by atomic mass is 10.4. The summed E-state index contributed by atoms with van der Waals surface area (Å²) in [5.41, 5.74) is 4.80. The van der Waals surface area contributed by atoms with Gasteiger partial charge in [0.05, 0.1) is 11.6 Å². The van der Waals surface area contributed by atoms with Crippen LogP contribution in [0.25, 0.3) is 0 Å². The molecule has 0 radical (unpaired) electrons. The third-order valence-electron chi connectivity index (χ3n) is 1.69. The maximum absolute atomic E-state index is 11.3. The minimum Gasteiger partial charge on any atom is -0.466 e. The number of amides is 1. The highest BCUT2D eigenvalue weighted by Crippen LogP contribution is 2.15. The molecule has 1 heterocycles. The van der Waals surface area contributed by atoms with Crippen molar-refractivity contribution in [2.24, 2.45) is 0 Å². The van der Waals surface area contributed by atoms with Gasteiger partial charge in [0.25, 0.3) is 0 Å². The first-order valence-electron chi connectivity index (χ1n) is 4.94. The normalized spacial score (nSPS) is 9.53. The zero-order chi connectivity index (χ0) is 12.7. The van der Waals surface area contributed by atoms with Crippen molar-refractivity contribution in [2.45, 2.75) is 13.3 Å². The Hall–Kier alpha value is -1.82. The van der Waals surface area contributed by atoms with Crippen LogP contribution in [0.5, 0.6) is 0 Å². The monoisotopic (exact) mass is 257 g/mol. The number of halogens is 1. The van der Waals surface area contributed by atoms with E-state index >= 15 is 0 Å². The number of hydrogen-bond acceptors (Lipinski definition) is 5. The van der Waals surface area contributed by atoms with Crippen LogP contribution in [0.1, 0.15) is 13.3 Å². The van der Waals surface area contributed by atoms with Crippen LogP contribution < -0.4 is 10.9 Å². The zero-order valence-corrected chi connectivity index (χ0v) is 9.95. The topological polar surface area (TPSA) is 80.3 Å². The van der Waals surface area contributed by atoms with E-state index in [2.05, 4.69) is 20.6 Å². The van der Waals surface area contributed by atoms with Crippen LogP contribution in [0.3, 0.4) is 0 Å². The molecule has 0 fully saturated rings. The molecular weight excluding hydrogens is 246 g/mol. The van der Waals surface area contributed by atoms with E-state index in [1.165, 1.54) is 6.20 Å². The Morgan fingerprint density at radius 3 is 2.94 bits per heavy atom. The number of esters is 1. The number of nitrogens with zero attached hydrogens (tertiary/aromatic N) is 1. The van der Waals surface area contributed by atoms with Gasteiger partial charge in [0, 0.05) is 6.20 Å². The van der Waals surface area contributed by atoms with E-state index < -0.39 is 11.9 Å². The van der Waals surface area contributed by atoms with E-state index in [9.17, 15) is 9.59 Å². The number of rotatable bonds is 5. The molecule has 0 saturated heterocycles. The van der Waals surface area contributed by atoms with Crippen LogP contribution >= 0.6 is 11.6 Å². The molecule has 1 amide bonds. The highest BCUT2D eigenvalue weighted by atomic mass is 35.5. The molecule has 2 N–H and O–H groups in total. The summed E-state index contributed by atoms with van der Waals surface area (Å²) in [4.78, 5) is 26.1. The highest BCUT2D eigenvalue weighted by Gasteiger charge is 2.10. The van der Waals surface area contributed by atoms with Crippen molar-refractivity contribution in [3.63, 3.8) is 0 Å². The zero-order valence-electron chi connectivity index (χ0n) is 9.20. The summed E-state index contributed by atoms with van der Waals surface area (Å²) < 4.78 is 4.62. The molecule has 1 rings (SSSR count). The number of anilines is 1.